The van der Waals surface area contributed by atoms with Crippen molar-refractivity contribution in [3.63, 3.8) is 0 Å². The number of alkyl halides is 3. The van der Waals surface area contributed by atoms with E-state index < -0.39 is 11.7 Å². The predicted molar refractivity (Wildman–Crippen MR) is 80.6 cm³/mol. The summed E-state index contributed by atoms with van der Waals surface area (Å²) >= 11 is 0. The lowest BCUT2D eigenvalue weighted by Gasteiger charge is -2.09. The maximum absolute atomic E-state index is 12.5. The summed E-state index contributed by atoms with van der Waals surface area (Å²) in [6, 6.07) is 10.7. The Morgan fingerprint density at radius 2 is 1.67 bits per heavy atom. The largest absolute Gasteiger partial charge is 0.416 e. The lowest BCUT2D eigenvalue weighted by Crippen LogP contribution is -2.04. The SMILES string of the molecule is C/C(=C\c1cc(N)ccc1C)c1ccc(C(F)(F)F)cc1. The Morgan fingerprint density at radius 1 is 1.05 bits per heavy atom. The molecule has 0 atom stereocenters. The van der Waals surface area contributed by atoms with Crippen LogP contribution in [0.4, 0.5) is 18.9 Å². The first kappa shape index (κ1) is 15.2. The fraction of sp³-hybridized carbons (Fsp3) is 0.176. The second kappa shape index (κ2) is 5.64. The summed E-state index contributed by atoms with van der Waals surface area (Å²) in [6.07, 6.45) is -2.38. The Balaban J connectivity index is 2.33. The zero-order valence-electron chi connectivity index (χ0n) is 11.8. The Kier molecular flexibility index (Phi) is 4.07. The molecule has 0 aromatic heterocycles. The maximum Gasteiger partial charge on any atom is 0.416 e. The molecule has 0 aliphatic carbocycles. The molecule has 0 aliphatic heterocycles. The topological polar surface area (TPSA) is 26.0 Å². The van der Waals surface area contributed by atoms with Gasteiger partial charge in [-0.2, -0.15) is 13.2 Å². The number of aryl methyl sites for hydroxylation is 1. The number of rotatable bonds is 2. The van der Waals surface area contributed by atoms with E-state index in [-0.39, 0.29) is 0 Å². The van der Waals surface area contributed by atoms with Crippen molar-refractivity contribution in [2.75, 3.05) is 5.73 Å². The van der Waals surface area contributed by atoms with Crippen LogP contribution in [0.3, 0.4) is 0 Å². The van der Waals surface area contributed by atoms with E-state index in [0.717, 1.165) is 34.4 Å². The first-order valence-corrected chi connectivity index (χ1v) is 6.49. The predicted octanol–water partition coefficient (Wildman–Crippen LogP) is 5.16. The molecule has 0 aliphatic rings. The molecule has 0 radical (unpaired) electrons. The quantitative estimate of drug-likeness (QED) is 0.600. The van der Waals surface area contributed by atoms with Crippen LogP contribution in [-0.2, 0) is 6.18 Å². The number of benzene rings is 2. The molecule has 1 nitrogen and oxygen atoms in total. The van der Waals surface area contributed by atoms with Gasteiger partial charge in [-0.15, -0.1) is 0 Å². The van der Waals surface area contributed by atoms with Gasteiger partial charge in [0.05, 0.1) is 5.56 Å². The third kappa shape index (κ3) is 3.66. The highest BCUT2D eigenvalue weighted by molar-refractivity contribution is 5.81. The van der Waals surface area contributed by atoms with Gasteiger partial charge >= 0.3 is 6.18 Å². The minimum Gasteiger partial charge on any atom is -0.399 e. The number of nitrogens with two attached hydrogens (primary N) is 1. The molecule has 0 heterocycles. The maximum atomic E-state index is 12.5. The minimum atomic E-state index is -4.30. The second-order valence-corrected chi connectivity index (χ2v) is 5.02. The van der Waals surface area contributed by atoms with E-state index in [0.29, 0.717) is 5.69 Å². The Bertz CT molecular complexity index is 667. The van der Waals surface area contributed by atoms with Gasteiger partial charge in [0.1, 0.15) is 0 Å². The number of hydrogen-bond acceptors (Lipinski definition) is 1. The summed E-state index contributed by atoms with van der Waals surface area (Å²) in [4.78, 5) is 0. The van der Waals surface area contributed by atoms with E-state index in [4.69, 9.17) is 5.73 Å². The van der Waals surface area contributed by atoms with Gasteiger partial charge in [-0.1, -0.05) is 24.3 Å². The van der Waals surface area contributed by atoms with Crippen molar-refractivity contribution < 1.29 is 13.2 Å². The lowest BCUT2D eigenvalue weighted by atomic mass is 10.0. The van der Waals surface area contributed by atoms with Gasteiger partial charge in [0, 0.05) is 5.69 Å². The summed E-state index contributed by atoms with van der Waals surface area (Å²) in [5, 5.41) is 0. The molecule has 21 heavy (non-hydrogen) atoms. The van der Waals surface area contributed by atoms with Crippen LogP contribution < -0.4 is 5.73 Å². The number of allylic oxidation sites excluding steroid dienone is 1. The third-order valence-corrected chi connectivity index (χ3v) is 3.34. The van der Waals surface area contributed by atoms with Gasteiger partial charge < -0.3 is 5.73 Å². The first-order valence-electron chi connectivity index (χ1n) is 6.49. The van der Waals surface area contributed by atoms with Crippen molar-refractivity contribution in [3.05, 3.63) is 64.7 Å². The Hall–Kier alpha value is -2.23. The van der Waals surface area contributed by atoms with Crippen LogP contribution in [0, 0.1) is 6.92 Å². The number of hydrogen-bond donors (Lipinski definition) is 1. The number of nitrogen functional groups attached to an aromatic ring is 1. The van der Waals surface area contributed by atoms with E-state index in [1.165, 1.54) is 12.1 Å². The van der Waals surface area contributed by atoms with Gasteiger partial charge in [0.2, 0.25) is 0 Å². The number of anilines is 1. The molecule has 4 heteroatoms. The van der Waals surface area contributed by atoms with Crippen molar-refractivity contribution in [2.24, 2.45) is 0 Å². The van der Waals surface area contributed by atoms with Crippen LogP contribution in [0.15, 0.2) is 42.5 Å². The van der Waals surface area contributed by atoms with Crippen LogP contribution in [0.25, 0.3) is 11.6 Å². The molecule has 0 bridgehead atoms. The monoisotopic (exact) mass is 291 g/mol. The van der Waals surface area contributed by atoms with Crippen LogP contribution in [0.1, 0.15) is 29.2 Å². The van der Waals surface area contributed by atoms with Crippen molar-refractivity contribution in [1.82, 2.24) is 0 Å². The molecule has 0 spiro atoms. The number of halogens is 3. The lowest BCUT2D eigenvalue weighted by molar-refractivity contribution is -0.137. The summed E-state index contributed by atoms with van der Waals surface area (Å²) in [5.74, 6) is 0. The van der Waals surface area contributed by atoms with Crippen LogP contribution in [-0.4, -0.2) is 0 Å². The molecular formula is C17H16F3N. The van der Waals surface area contributed by atoms with Gasteiger partial charge in [-0.25, -0.2) is 0 Å². The molecule has 2 rings (SSSR count). The van der Waals surface area contributed by atoms with E-state index in [1.54, 1.807) is 0 Å². The average molecular weight is 291 g/mol. The first-order chi connectivity index (χ1) is 9.77. The highest BCUT2D eigenvalue weighted by atomic mass is 19.4. The highest BCUT2D eigenvalue weighted by Crippen LogP contribution is 2.30. The summed E-state index contributed by atoms with van der Waals surface area (Å²) in [5.41, 5.74) is 9.45. The summed E-state index contributed by atoms with van der Waals surface area (Å²) in [6.45, 7) is 3.83. The van der Waals surface area contributed by atoms with Crippen molar-refractivity contribution >= 4 is 17.3 Å². The molecule has 0 saturated heterocycles. The minimum absolute atomic E-state index is 0.640. The van der Waals surface area contributed by atoms with Gasteiger partial charge in [0.25, 0.3) is 0 Å². The fourth-order valence-corrected chi connectivity index (χ4v) is 2.05. The molecule has 0 unspecified atom stereocenters. The van der Waals surface area contributed by atoms with Crippen LogP contribution in [0.5, 0.6) is 0 Å². The Labute approximate surface area is 121 Å². The van der Waals surface area contributed by atoms with Gasteiger partial charge in [0.15, 0.2) is 0 Å². The van der Waals surface area contributed by atoms with Crippen molar-refractivity contribution in [3.8, 4) is 0 Å². The van der Waals surface area contributed by atoms with Crippen LogP contribution >= 0.6 is 0 Å². The third-order valence-electron chi connectivity index (χ3n) is 3.34. The average Bonchev–Trinajstić information content (AvgIpc) is 2.42. The molecule has 0 saturated carbocycles. The molecule has 110 valence electrons. The summed E-state index contributed by atoms with van der Waals surface area (Å²) in [7, 11) is 0. The smallest absolute Gasteiger partial charge is 0.399 e. The Morgan fingerprint density at radius 3 is 2.24 bits per heavy atom. The summed E-state index contributed by atoms with van der Waals surface area (Å²) < 4.78 is 37.6. The van der Waals surface area contributed by atoms with Crippen molar-refractivity contribution in [1.29, 1.82) is 0 Å². The zero-order chi connectivity index (χ0) is 15.6. The zero-order valence-corrected chi connectivity index (χ0v) is 11.8. The molecule has 2 aromatic carbocycles. The van der Waals surface area contributed by atoms with E-state index >= 15 is 0 Å². The van der Waals surface area contributed by atoms with Crippen LogP contribution in [0.2, 0.25) is 0 Å². The standard InChI is InChI=1S/C17H16F3N/c1-11-3-8-16(21)10-14(11)9-12(2)13-4-6-15(7-5-13)17(18,19)20/h3-10H,21H2,1-2H3/b12-9+. The van der Waals surface area contributed by atoms with E-state index in [1.807, 2.05) is 38.1 Å². The normalized spacial score (nSPS) is 12.5. The van der Waals surface area contributed by atoms with E-state index in [2.05, 4.69) is 0 Å². The molecule has 2 N–H and O–H groups in total. The molecule has 0 amide bonds. The van der Waals surface area contributed by atoms with Crippen molar-refractivity contribution in [2.45, 2.75) is 20.0 Å². The highest BCUT2D eigenvalue weighted by Gasteiger charge is 2.29. The second-order valence-electron chi connectivity index (χ2n) is 5.02. The van der Waals surface area contributed by atoms with E-state index in [9.17, 15) is 13.2 Å². The molecule has 0 fully saturated rings. The van der Waals surface area contributed by atoms with Gasteiger partial charge in [-0.05, 0) is 60.4 Å². The van der Waals surface area contributed by atoms with Gasteiger partial charge in [-0.3, -0.25) is 0 Å². The fourth-order valence-electron chi connectivity index (χ4n) is 2.05. The molecule has 2 aromatic rings. The molecular weight excluding hydrogens is 275 g/mol.